The minimum absolute atomic E-state index is 0.113. The third kappa shape index (κ3) is 6.72. The van der Waals surface area contributed by atoms with Gasteiger partial charge in [0, 0.05) is 11.4 Å². The fourth-order valence-electron chi connectivity index (χ4n) is 4.20. The molecule has 42 heavy (non-hydrogen) atoms. The van der Waals surface area contributed by atoms with Gasteiger partial charge in [-0.25, -0.2) is 18.4 Å². The zero-order valence-corrected chi connectivity index (χ0v) is 24.0. The van der Waals surface area contributed by atoms with Gasteiger partial charge in [0.1, 0.15) is 5.76 Å². The summed E-state index contributed by atoms with van der Waals surface area (Å²) in [6.07, 6.45) is 1.42. The zero-order chi connectivity index (χ0) is 30.4. The number of rotatable bonds is 9. The number of carbonyl (C=O) groups excluding carboxylic acids is 3. The lowest BCUT2D eigenvalue weighted by atomic mass is 9.85. The molecule has 3 aromatic rings. The molecule has 1 aliphatic heterocycles. The Bertz CT molecular complexity index is 1740. The fraction of sp³-hybridized carbons (Fsp3) is 0.143. The first-order valence-electron chi connectivity index (χ1n) is 12.2. The van der Waals surface area contributed by atoms with Crippen molar-refractivity contribution in [3.8, 4) is 6.07 Å². The highest BCUT2D eigenvalue weighted by Gasteiger charge is 2.36. The fourth-order valence-corrected chi connectivity index (χ4v) is 5.61. The molecular weight excluding hydrogens is 582 g/mol. The molecule has 0 saturated carbocycles. The van der Waals surface area contributed by atoms with Gasteiger partial charge >= 0.3 is 5.97 Å². The molecule has 1 aliphatic rings. The average Bonchev–Trinajstić information content (AvgIpc) is 3.50. The van der Waals surface area contributed by atoms with E-state index < -0.39 is 33.7 Å². The van der Waals surface area contributed by atoms with Gasteiger partial charge in [0.15, 0.2) is 0 Å². The summed E-state index contributed by atoms with van der Waals surface area (Å²) >= 11 is 1.05. The van der Waals surface area contributed by atoms with Gasteiger partial charge in [-0.2, -0.15) is 5.26 Å². The van der Waals surface area contributed by atoms with Crippen LogP contribution in [0.5, 0.6) is 0 Å². The summed E-state index contributed by atoms with van der Waals surface area (Å²) < 4.78 is 33.5. The lowest BCUT2D eigenvalue weighted by molar-refractivity contribution is -0.114. The number of benzene rings is 2. The van der Waals surface area contributed by atoms with Crippen molar-refractivity contribution in [2.24, 2.45) is 5.14 Å². The predicted molar refractivity (Wildman–Crippen MR) is 155 cm³/mol. The van der Waals surface area contributed by atoms with E-state index in [9.17, 15) is 28.1 Å². The second-order valence-corrected chi connectivity index (χ2v) is 11.4. The number of furan rings is 1. The van der Waals surface area contributed by atoms with E-state index in [1.54, 1.807) is 37.3 Å². The molecule has 1 atom stereocenters. The van der Waals surface area contributed by atoms with E-state index in [4.69, 9.17) is 14.3 Å². The number of carbonyl (C=O) groups is 3. The number of anilines is 2. The number of amides is 2. The van der Waals surface area contributed by atoms with Crippen LogP contribution in [0.25, 0.3) is 0 Å². The number of methoxy groups -OCH3 is 1. The highest BCUT2D eigenvalue weighted by atomic mass is 32.2. The average molecular weight is 608 g/mol. The third-order valence-corrected chi connectivity index (χ3v) is 8.06. The maximum atomic E-state index is 13.5. The number of para-hydroxylation sites is 1. The van der Waals surface area contributed by atoms with Crippen molar-refractivity contribution in [2.75, 3.05) is 23.5 Å². The van der Waals surface area contributed by atoms with Crippen molar-refractivity contribution in [2.45, 2.75) is 17.7 Å². The molecule has 2 aromatic carbocycles. The molecular formula is C28H25N5O7S2. The van der Waals surface area contributed by atoms with Crippen molar-refractivity contribution < 1.29 is 32.0 Å². The second-order valence-electron chi connectivity index (χ2n) is 8.86. The van der Waals surface area contributed by atoms with Gasteiger partial charge in [-0.05, 0) is 55.5 Å². The first-order valence-corrected chi connectivity index (χ1v) is 14.8. The number of primary sulfonamides is 1. The first kappa shape index (κ1) is 30.1. The molecule has 1 unspecified atom stereocenters. The summed E-state index contributed by atoms with van der Waals surface area (Å²) in [5, 5.41) is 24.1. The standard InChI is InChI=1S/C28H25N5O7S2/c1-16-24(26(35)32-17-9-11-18(12-10-17)42(30,37)38)25(22-8-5-13-40-22)20(14-29)27(31-16)41-15-23(34)33-21-7-4-3-6-19(21)28(36)39-2/h3-13,25,31H,15H2,1-2H3,(H,32,35)(H,33,34)(H2,30,37,38). The van der Waals surface area contributed by atoms with Crippen molar-refractivity contribution in [3.05, 3.63) is 100 Å². The van der Waals surface area contributed by atoms with Gasteiger partial charge in [0.2, 0.25) is 15.9 Å². The normalized spacial score (nSPS) is 15.0. The predicted octanol–water partition coefficient (Wildman–Crippen LogP) is 3.42. The SMILES string of the molecule is COC(=O)c1ccccc1NC(=O)CSC1=C(C#N)C(c2ccco2)C(C(=O)Nc2ccc(S(N)(=O)=O)cc2)=C(C)N1. The van der Waals surface area contributed by atoms with E-state index in [0.717, 1.165) is 11.8 Å². The van der Waals surface area contributed by atoms with Crippen LogP contribution >= 0.6 is 11.8 Å². The van der Waals surface area contributed by atoms with Crippen LogP contribution in [-0.4, -0.2) is 39.1 Å². The number of dihydropyridines is 1. The highest BCUT2D eigenvalue weighted by Crippen LogP contribution is 2.41. The smallest absolute Gasteiger partial charge is 0.339 e. The van der Waals surface area contributed by atoms with Gasteiger partial charge in [-0.15, -0.1) is 0 Å². The first-order chi connectivity index (χ1) is 20.0. The molecule has 0 aliphatic carbocycles. The molecule has 0 bridgehead atoms. The number of allylic oxidation sites excluding steroid dienone is 2. The Morgan fingerprint density at radius 2 is 1.81 bits per heavy atom. The van der Waals surface area contributed by atoms with Crippen LogP contribution in [0.4, 0.5) is 11.4 Å². The molecule has 2 heterocycles. The molecule has 14 heteroatoms. The summed E-state index contributed by atoms with van der Waals surface area (Å²) in [6, 6.07) is 17.1. The number of hydrogen-bond acceptors (Lipinski definition) is 10. The maximum Gasteiger partial charge on any atom is 0.339 e. The minimum atomic E-state index is -3.91. The molecule has 12 nitrogen and oxygen atoms in total. The summed E-state index contributed by atoms with van der Waals surface area (Å²) in [4.78, 5) is 38.2. The van der Waals surface area contributed by atoms with Gasteiger partial charge in [-0.1, -0.05) is 23.9 Å². The Labute approximate surface area is 245 Å². The molecule has 2 amide bonds. The molecule has 5 N–H and O–H groups in total. The molecule has 0 fully saturated rings. The minimum Gasteiger partial charge on any atom is -0.468 e. The Hall–Kier alpha value is -4.84. The number of nitrogens with zero attached hydrogens (tertiary/aromatic N) is 1. The third-order valence-electron chi connectivity index (χ3n) is 6.11. The van der Waals surface area contributed by atoms with Gasteiger partial charge in [-0.3, -0.25) is 9.59 Å². The van der Waals surface area contributed by atoms with Crippen molar-refractivity contribution >= 4 is 50.9 Å². The van der Waals surface area contributed by atoms with E-state index >= 15 is 0 Å². The largest absolute Gasteiger partial charge is 0.468 e. The van der Waals surface area contributed by atoms with Crippen LogP contribution in [0.15, 0.2) is 98.1 Å². The summed E-state index contributed by atoms with van der Waals surface area (Å²) in [7, 11) is -2.67. The quantitative estimate of drug-likeness (QED) is 0.262. The molecule has 0 saturated heterocycles. The second kappa shape index (κ2) is 12.8. The Kier molecular flexibility index (Phi) is 9.16. The van der Waals surface area contributed by atoms with E-state index in [2.05, 4.69) is 22.0 Å². The van der Waals surface area contributed by atoms with Crippen LogP contribution in [0.1, 0.15) is 29.0 Å². The molecule has 4 rings (SSSR count). The molecule has 0 radical (unpaired) electrons. The summed E-state index contributed by atoms with van der Waals surface area (Å²) in [5.41, 5.74) is 1.53. The summed E-state index contributed by atoms with van der Waals surface area (Å²) in [6.45, 7) is 1.65. The number of sulfonamides is 1. The number of nitrogens with one attached hydrogen (secondary N) is 3. The Morgan fingerprint density at radius 1 is 1.10 bits per heavy atom. The number of hydrogen-bond donors (Lipinski definition) is 4. The Balaban J connectivity index is 1.57. The Morgan fingerprint density at radius 3 is 2.43 bits per heavy atom. The monoisotopic (exact) mass is 607 g/mol. The van der Waals surface area contributed by atoms with Crippen LogP contribution < -0.4 is 21.1 Å². The van der Waals surface area contributed by atoms with Crippen LogP contribution in [0, 0.1) is 11.3 Å². The van der Waals surface area contributed by atoms with E-state index in [1.165, 1.54) is 43.7 Å². The van der Waals surface area contributed by atoms with E-state index in [-0.39, 0.29) is 33.0 Å². The number of thioether (sulfide) groups is 1. The number of nitrogens with two attached hydrogens (primary N) is 1. The number of ether oxygens (including phenoxy) is 1. The van der Waals surface area contributed by atoms with Crippen LogP contribution in [0.2, 0.25) is 0 Å². The summed E-state index contributed by atoms with van der Waals surface area (Å²) in [5.74, 6) is -2.30. The van der Waals surface area contributed by atoms with Crippen LogP contribution in [-0.2, 0) is 24.3 Å². The van der Waals surface area contributed by atoms with Gasteiger partial charge < -0.3 is 25.1 Å². The highest BCUT2D eigenvalue weighted by molar-refractivity contribution is 8.03. The molecule has 0 spiro atoms. The molecule has 216 valence electrons. The van der Waals surface area contributed by atoms with Crippen molar-refractivity contribution in [1.82, 2.24) is 5.32 Å². The number of esters is 1. The lowest BCUT2D eigenvalue weighted by Crippen LogP contribution is -2.31. The maximum absolute atomic E-state index is 13.5. The topological polar surface area (TPSA) is 194 Å². The van der Waals surface area contributed by atoms with Crippen molar-refractivity contribution in [1.29, 1.82) is 5.26 Å². The van der Waals surface area contributed by atoms with Crippen LogP contribution in [0.3, 0.4) is 0 Å². The van der Waals surface area contributed by atoms with E-state index in [1.807, 2.05) is 0 Å². The molecule has 1 aromatic heterocycles. The number of nitriles is 1. The van der Waals surface area contributed by atoms with Gasteiger partial charge in [0.25, 0.3) is 5.91 Å². The lowest BCUT2D eigenvalue weighted by Gasteiger charge is -2.28. The van der Waals surface area contributed by atoms with Crippen molar-refractivity contribution in [3.63, 3.8) is 0 Å². The van der Waals surface area contributed by atoms with Gasteiger partial charge in [0.05, 0.1) is 63.4 Å². The van der Waals surface area contributed by atoms with E-state index in [0.29, 0.717) is 22.2 Å². The zero-order valence-electron chi connectivity index (χ0n) is 22.3.